The van der Waals surface area contributed by atoms with Gasteiger partial charge in [-0.3, -0.25) is 4.79 Å². The zero-order valence-electron chi connectivity index (χ0n) is 12.8. The third-order valence-electron chi connectivity index (χ3n) is 4.49. The predicted molar refractivity (Wildman–Crippen MR) is 81.5 cm³/mol. The lowest BCUT2D eigenvalue weighted by Gasteiger charge is -2.37. The van der Waals surface area contributed by atoms with Gasteiger partial charge in [-0.1, -0.05) is 12.8 Å². The summed E-state index contributed by atoms with van der Waals surface area (Å²) in [5, 5.41) is 2.67. The number of nitrogens with zero attached hydrogens (tertiary/aromatic N) is 2. The quantitative estimate of drug-likeness (QED) is 0.780. The van der Waals surface area contributed by atoms with Crippen molar-refractivity contribution in [2.24, 2.45) is 11.8 Å². The van der Waals surface area contributed by atoms with Gasteiger partial charge < -0.3 is 15.1 Å². The van der Waals surface area contributed by atoms with Crippen molar-refractivity contribution in [3.8, 4) is 12.3 Å². The van der Waals surface area contributed by atoms with Crippen LogP contribution in [0.5, 0.6) is 0 Å². The molecule has 1 atom stereocenters. The molecule has 0 aromatic carbocycles. The van der Waals surface area contributed by atoms with Crippen molar-refractivity contribution in [3.63, 3.8) is 0 Å². The Morgan fingerprint density at radius 3 is 2.57 bits per heavy atom. The van der Waals surface area contributed by atoms with Crippen LogP contribution in [-0.4, -0.2) is 54.5 Å². The summed E-state index contributed by atoms with van der Waals surface area (Å²) >= 11 is 0. The molecule has 0 bridgehead atoms. The molecule has 0 radical (unpaired) electrons. The average Bonchev–Trinajstić information content (AvgIpc) is 2.52. The Bertz CT molecular complexity index is 422. The van der Waals surface area contributed by atoms with Gasteiger partial charge in [-0.05, 0) is 31.6 Å². The van der Waals surface area contributed by atoms with Gasteiger partial charge in [0, 0.05) is 26.2 Å². The van der Waals surface area contributed by atoms with Gasteiger partial charge in [0.2, 0.25) is 5.91 Å². The number of nitrogens with one attached hydrogen (secondary N) is 1. The van der Waals surface area contributed by atoms with Crippen molar-refractivity contribution in [2.45, 2.75) is 32.6 Å². The van der Waals surface area contributed by atoms with Gasteiger partial charge in [0.05, 0.1) is 12.5 Å². The van der Waals surface area contributed by atoms with Crippen LogP contribution in [0.4, 0.5) is 4.79 Å². The van der Waals surface area contributed by atoms with Crippen molar-refractivity contribution >= 4 is 11.9 Å². The van der Waals surface area contributed by atoms with Crippen molar-refractivity contribution in [2.75, 3.05) is 32.7 Å². The number of rotatable bonds is 2. The molecule has 2 aliphatic heterocycles. The third-order valence-corrected chi connectivity index (χ3v) is 4.49. The first-order valence-corrected chi connectivity index (χ1v) is 7.87. The van der Waals surface area contributed by atoms with E-state index in [9.17, 15) is 9.59 Å². The molecule has 21 heavy (non-hydrogen) atoms. The molecular formula is C16H25N3O2. The first-order chi connectivity index (χ1) is 10.1. The van der Waals surface area contributed by atoms with Gasteiger partial charge in [0.1, 0.15) is 0 Å². The first kappa shape index (κ1) is 15.7. The highest BCUT2D eigenvalue weighted by Gasteiger charge is 2.32. The van der Waals surface area contributed by atoms with Crippen LogP contribution in [0.15, 0.2) is 0 Å². The predicted octanol–water partition coefficient (Wildman–Crippen LogP) is 1.30. The zero-order chi connectivity index (χ0) is 15.2. The van der Waals surface area contributed by atoms with E-state index >= 15 is 0 Å². The van der Waals surface area contributed by atoms with E-state index in [1.54, 1.807) is 4.90 Å². The molecule has 0 spiro atoms. The molecule has 0 aliphatic carbocycles. The van der Waals surface area contributed by atoms with E-state index in [1.807, 2.05) is 4.90 Å². The van der Waals surface area contributed by atoms with E-state index in [4.69, 9.17) is 6.42 Å². The first-order valence-electron chi connectivity index (χ1n) is 7.87. The van der Waals surface area contributed by atoms with Gasteiger partial charge in [0.15, 0.2) is 0 Å². The molecule has 2 heterocycles. The van der Waals surface area contributed by atoms with Crippen LogP contribution in [0.3, 0.4) is 0 Å². The Kier molecular flexibility index (Phi) is 5.49. The number of terminal acetylenes is 1. The van der Waals surface area contributed by atoms with E-state index in [0.29, 0.717) is 19.0 Å². The van der Waals surface area contributed by atoms with Gasteiger partial charge in [-0.15, -0.1) is 6.42 Å². The number of hydrogen-bond acceptors (Lipinski definition) is 2. The lowest BCUT2D eigenvalue weighted by molar-refractivity contribution is -0.138. The number of carbonyl (C=O) groups excluding carboxylic acids is 2. The topological polar surface area (TPSA) is 52.7 Å². The minimum absolute atomic E-state index is 0.0521. The average molecular weight is 291 g/mol. The molecule has 0 unspecified atom stereocenters. The fourth-order valence-corrected chi connectivity index (χ4v) is 3.09. The van der Waals surface area contributed by atoms with Crippen LogP contribution in [0, 0.1) is 24.2 Å². The van der Waals surface area contributed by atoms with Crippen LogP contribution in [0.1, 0.15) is 32.6 Å². The zero-order valence-corrected chi connectivity index (χ0v) is 12.8. The summed E-state index contributed by atoms with van der Waals surface area (Å²) in [6.45, 7) is 5.41. The molecule has 3 amide bonds. The second-order valence-corrected chi connectivity index (χ2v) is 6.16. The maximum atomic E-state index is 12.6. The smallest absolute Gasteiger partial charge is 0.318 e. The Labute approximate surface area is 127 Å². The van der Waals surface area contributed by atoms with E-state index in [2.05, 4.69) is 18.2 Å². The van der Waals surface area contributed by atoms with Crippen LogP contribution in [-0.2, 0) is 4.79 Å². The monoisotopic (exact) mass is 291 g/mol. The number of likely N-dealkylation sites (tertiary alicyclic amines) is 2. The lowest BCUT2D eigenvalue weighted by Crippen LogP contribution is -2.50. The second kappa shape index (κ2) is 7.35. The molecular weight excluding hydrogens is 266 g/mol. The largest absolute Gasteiger partial charge is 0.342 e. The van der Waals surface area contributed by atoms with Gasteiger partial charge in [0.25, 0.3) is 0 Å². The van der Waals surface area contributed by atoms with Crippen LogP contribution in [0.2, 0.25) is 0 Å². The fraction of sp³-hybridized carbons (Fsp3) is 0.750. The summed E-state index contributed by atoms with van der Waals surface area (Å²) in [4.78, 5) is 28.2. The van der Waals surface area contributed by atoms with E-state index in [0.717, 1.165) is 38.8 Å². The highest BCUT2D eigenvalue weighted by molar-refractivity contribution is 5.81. The number of urea groups is 1. The van der Waals surface area contributed by atoms with Crippen molar-refractivity contribution < 1.29 is 9.59 Å². The summed E-state index contributed by atoms with van der Waals surface area (Å²) in [5.74, 6) is 3.27. The van der Waals surface area contributed by atoms with Gasteiger partial charge in [-0.2, -0.15) is 0 Å². The normalized spacial score (nSPS) is 23.5. The molecule has 2 fully saturated rings. The molecule has 0 saturated carbocycles. The highest BCUT2D eigenvalue weighted by Crippen LogP contribution is 2.23. The van der Waals surface area contributed by atoms with Crippen molar-refractivity contribution in [1.82, 2.24) is 15.1 Å². The molecule has 2 aliphatic rings. The molecule has 2 saturated heterocycles. The molecule has 116 valence electrons. The summed E-state index contributed by atoms with van der Waals surface area (Å²) in [6.07, 6.45) is 9.08. The van der Waals surface area contributed by atoms with Crippen molar-refractivity contribution in [3.05, 3.63) is 0 Å². The number of carbonyl (C=O) groups is 2. The SMILES string of the molecule is C#CCNC(=O)N1CCC[C@@H](C(=O)N2CCC(C)CC2)C1. The van der Waals surface area contributed by atoms with E-state index in [-0.39, 0.29) is 24.4 Å². The second-order valence-electron chi connectivity index (χ2n) is 6.16. The molecule has 5 nitrogen and oxygen atoms in total. The molecule has 0 aromatic heterocycles. The third kappa shape index (κ3) is 4.13. The van der Waals surface area contributed by atoms with Crippen LogP contribution >= 0.6 is 0 Å². The molecule has 2 rings (SSSR count). The lowest BCUT2D eigenvalue weighted by atomic mass is 9.93. The highest BCUT2D eigenvalue weighted by atomic mass is 16.2. The summed E-state index contributed by atoms with van der Waals surface area (Å²) in [7, 11) is 0. The van der Waals surface area contributed by atoms with Gasteiger partial charge >= 0.3 is 6.03 Å². The number of piperidine rings is 2. The van der Waals surface area contributed by atoms with E-state index < -0.39 is 0 Å². The minimum atomic E-state index is -0.155. The standard InChI is InChI=1S/C16H25N3O2/c1-3-8-17-16(21)19-9-4-5-14(12-19)15(20)18-10-6-13(2)7-11-18/h1,13-14H,4-12H2,2H3,(H,17,21)/t14-/m1/s1. The van der Waals surface area contributed by atoms with Crippen LogP contribution < -0.4 is 5.32 Å². The summed E-state index contributed by atoms with van der Waals surface area (Å²) in [5.41, 5.74) is 0. The Balaban J connectivity index is 1.87. The summed E-state index contributed by atoms with van der Waals surface area (Å²) < 4.78 is 0. The molecule has 5 heteroatoms. The molecule has 1 N–H and O–H groups in total. The fourth-order valence-electron chi connectivity index (χ4n) is 3.09. The summed E-state index contributed by atoms with van der Waals surface area (Å²) in [6, 6.07) is -0.155. The maximum Gasteiger partial charge on any atom is 0.318 e. The maximum absolute atomic E-state index is 12.6. The van der Waals surface area contributed by atoms with Gasteiger partial charge in [-0.25, -0.2) is 4.79 Å². The Hall–Kier alpha value is -1.70. The Morgan fingerprint density at radius 2 is 1.90 bits per heavy atom. The number of hydrogen-bond donors (Lipinski definition) is 1. The van der Waals surface area contributed by atoms with Crippen LogP contribution in [0.25, 0.3) is 0 Å². The number of amides is 3. The van der Waals surface area contributed by atoms with Crippen molar-refractivity contribution in [1.29, 1.82) is 0 Å². The Morgan fingerprint density at radius 1 is 1.19 bits per heavy atom. The minimum Gasteiger partial charge on any atom is -0.342 e. The molecule has 0 aromatic rings. The van der Waals surface area contributed by atoms with E-state index in [1.165, 1.54) is 0 Å².